The van der Waals surface area contributed by atoms with Crippen molar-refractivity contribution >= 4 is 58.0 Å². The second kappa shape index (κ2) is 23.2. The van der Waals surface area contributed by atoms with Crippen LogP contribution in [0.15, 0.2) is 78.9 Å². The van der Waals surface area contributed by atoms with Crippen LogP contribution in [0.4, 0.5) is 26.3 Å². The fourth-order valence-corrected chi connectivity index (χ4v) is 6.31. The van der Waals surface area contributed by atoms with Crippen LogP contribution in [0, 0.1) is 47.2 Å². The molecule has 0 unspecified atom stereocenters. The van der Waals surface area contributed by atoms with Crippen molar-refractivity contribution in [2.45, 2.75) is 131 Å². The van der Waals surface area contributed by atoms with E-state index >= 15 is 0 Å². The summed E-state index contributed by atoms with van der Waals surface area (Å²) < 4.78 is 79.5. The van der Waals surface area contributed by atoms with E-state index in [0.29, 0.717) is 27.8 Å². The molecule has 0 amide bonds. The van der Waals surface area contributed by atoms with Crippen molar-refractivity contribution in [1.29, 1.82) is 0 Å². The molecule has 0 spiro atoms. The first-order valence-electron chi connectivity index (χ1n) is 19.9. The Kier molecular flexibility index (Phi) is 21.3. The van der Waals surface area contributed by atoms with Gasteiger partial charge in [-0.15, -0.1) is 6.42 Å². The average Bonchev–Trinajstić information content (AvgIpc) is 3.14. The second-order valence-electron chi connectivity index (χ2n) is 19.7. The van der Waals surface area contributed by atoms with Gasteiger partial charge in [0, 0.05) is 0 Å². The van der Waals surface area contributed by atoms with Crippen LogP contribution < -0.4 is 0 Å². The van der Waals surface area contributed by atoms with E-state index in [4.69, 9.17) is 64.4 Å². The number of rotatable bonds is 0. The molecule has 0 saturated carbocycles. The quantitative estimate of drug-likeness (QED) is 0.0824. The lowest BCUT2D eigenvalue weighted by atomic mass is 9.86. The minimum Gasteiger partial charge on any atom is -0.205 e. The summed E-state index contributed by atoms with van der Waals surface area (Å²) >= 11 is 28.1. The van der Waals surface area contributed by atoms with Gasteiger partial charge in [-0.3, -0.25) is 0 Å². The average molecular weight is 975 g/mol. The molecule has 0 aromatic heterocycles. The van der Waals surface area contributed by atoms with Gasteiger partial charge in [-0.05, 0) is 91.3 Å². The molecule has 0 radical (unpaired) electrons. The van der Waals surface area contributed by atoms with Gasteiger partial charge in [-0.1, -0.05) is 210 Å². The van der Waals surface area contributed by atoms with Crippen LogP contribution in [0.3, 0.4) is 0 Å². The van der Waals surface area contributed by atoms with Gasteiger partial charge in [0.05, 0.1) is 25.7 Å². The number of hydrogen-bond donors (Lipinski definition) is 0. The summed E-state index contributed by atoms with van der Waals surface area (Å²) in [4.78, 5) is 0. The summed E-state index contributed by atoms with van der Waals surface area (Å²) in [6.07, 6.45) is 5.17. The molecule has 0 heterocycles. The summed E-state index contributed by atoms with van der Waals surface area (Å²) in [6.45, 7) is 29.3. The first-order valence-corrected chi connectivity index (χ1v) is 21.8. The highest BCUT2D eigenvalue weighted by Crippen LogP contribution is 2.34. The Morgan fingerprint density at radius 3 is 1.19 bits per heavy atom. The van der Waals surface area contributed by atoms with E-state index in [2.05, 4.69) is 26.7 Å². The maximum Gasteiger partial charge on any atom is 0.148 e. The zero-order valence-electron chi connectivity index (χ0n) is 38.7. The van der Waals surface area contributed by atoms with Crippen LogP contribution in [0.1, 0.15) is 137 Å². The van der Waals surface area contributed by atoms with Crippen molar-refractivity contribution in [1.82, 2.24) is 0 Å². The van der Waals surface area contributed by atoms with Crippen LogP contribution in [-0.2, 0) is 27.1 Å². The predicted octanol–water partition coefficient (Wildman–Crippen LogP) is 19.0. The molecule has 11 heteroatoms. The minimum atomic E-state index is -0.716. The predicted molar refractivity (Wildman–Crippen MR) is 258 cm³/mol. The zero-order chi connectivity index (χ0) is 49.2. The molecular formula is C52H59Cl5F6. The highest BCUT2D eigenvalue weighted by Gasteiger charge is 2.24. The molecule has 63 heavy (non-hydrogen) atoms. The molecule has 344 valence electrons. The lowest BCUT2D eigenvalue weighted by molar-refractivity contribution is 0.511. The fourth-order valence-electron chi connectivity index (χ4n) is 5.48. The van der Waals surface area contributed by atoms with Gasteiger partial charge >= 0.3 is 0 Å². The van der Waals surface area contributed by atoms with Gasteiger partial charge in [0.2, 0.25) is 0 Å². The summed E-state index contributed by atoms with van der Waals surface area (Å²) in [5, 5.41) is 0.235. The molecule has 5 rings (SSSR count). The van der Waals surface area contributed by atoms with E-state index < -0.39 is 22.5 Å². The topological polar surface area (TPSA) is 0 Å². The maximum atomic E-state index is 13.6. The third kappa shape index (κ3) is 17.5. The largest absolute Gasteiger partial charge is 0.205 e. The van der Waals surface area contributed by atoms with E-state index in [-0.39, 0.29) is 64.6 Å². The molecule has 0 aliphatic heterocycles. The second-order valence-corrected chi connectivity index (χ2v) is 21.7. The van der Waals surface area contributed by atoms with Crippen molar-refractivity contribution in [3.63, 3.8) is 0 Å². The van der Waals surface area contributed by atoms with E-state index in [0.717, 1.165) is 5.56 Å². The molecule has 0 fully saturated rings. The summed E-state index contributed by atoms with van der Waals surface area (Å²) in [6, 6.07) is 21.0. The smallest absolute Gasteiger partial charge is 0.148 e. The summed E-state index contributed by atoms with van der Waals surface area (Å²) in [5.41, 5.74) is 2.77. The van der Waals surface area contributed by atoms with E-state index in [1.54, 1.807) is 60.7 Å². The number of benzene rings is 5. The van der Waals surface area contributed by atoms with Gasteiger partial charge in [-0.2, -0.15) is 0 Å². The Morgan fingerprint density at radius 2 is 0.778 bits per heavy atom. The number of hydrogen-bond acceptors (Lipinski definition) is 0. The molecule has 5 aromatic rings. The van der Waals surface area contributed by atoms with Crippen molar-refractivity contribution in [3.8, 4) is 12.3 Å². The van der Waals surface area contributed by atoms with E-state index in [1.807, 2.05) is 83.1 Å². The van der Waals surface area contributed by atoms with Crippen molar-refractivity contribution in [2.75, 3.05) is 0 Å². The Balaban J connectivity index is 0.000000394. The van der Waals surface area contributed by atoms with E-state index in [1.165, 1.54) is 18.2 Å². The van der Waals surface area contributed by atoms with Crippen LogP contribution in [0.25, 0.3) is 0 Å². The van der Waals surface area contributed by atoms with Crippen molar-refractivity contribution in [3.05, 3.63) is 172 Å². The number of terminal acetylenes is 1. The summed E-state index contributed by atoms with van der Waals surface area (Å²) in [7, 11) is 0. The monoisotopic (exact) mass is 972 g/mol. The van der Waals surface area contributed by atoms with Gasteiger partial charge < -0.3 is 0 Å². The fraction of sp³-hybridized carbons (Fsp3) is 0.385. The molecule has 0 nitrogen and oxygen atoms in total. The molecule has 0 saturated heterocycles. The molecule has 0 aliphatic carbocycles. The summed E-state index contributed by atoms with van der Waals surface area (Å²) in [5.74, 6) is -0.379. The lowest BCUT2D eigenvalue weighted by Gasteiger charge is -2.20. The first kappa shape index (κ1) is 57.7. The van der Waals surface area contributed by atoms with Gasteiger partial charge in [-0.25, -0.2) is 26.3 Å². The Hall–Kier alpha value is -3.31. The molecule has 5 aromatic carbocycles. The van der Waals surface area contributed by atoms with Crippen LogP contribution in [0.5, 0.6) is 0 Å². The molecule has 0 atom stereocenters. The van der Waals surface area contributed by atoms with Crippen molar-refractivity contribution in [2.24, 2.45) is 0 Å². The molecule has 0 bridgehead atoms. The minimum absolute atomic E-state index is 0.00842. The third-order valence-corrected chi connectivity index (χ3v) is 10.9. The molecular weight excluding hydrogens is 916 g/mol. The van der Waals surface area contributed by atoms with Gasteiger partial charge in [0.15, 0.2) is 0 Å². The maximum absolute atomic E-state index is 13.6. The normalized spacial score (nSPS) is 11.6. The van der Waals surface area contributed by atoms with Gasteiger partial charge in [0.1, 0.15) is 39.9 Å². The molecule has 0 aliphatic rings. The lowest BCUT2D eigenvalue weighted by Crippen LogP contribution is -2.14. The van der Waals surface area contributed by atoms with E-state index in [9.17, 15) is 26.3 Å². The van der Waals surface area contributed by atoms with Crippen LogP contribution >= 0.6 is 58.0 Å². The highest BCUT2D eigenvalue weighted by atomic mass is 35.5. The van der Waals surface area contributed by atoms with Gasteiger partial charge in [0.25, 0.3) is 0 Å². The standard InChI is InChI=1S/C12H13F.C10H11Cl2F.C10H11ClF2.2C10H12ClF/c1-5-9-7-6-8-10(11(9)13)12(2,3)4;1-10(2,3)6-4-5-7(11)8(12)9(6)13;1-10(2,3)6-4-5-7(12)8(11)9(6)13;1-10(2,3)7-4-5-9(12)8(11)6-7;1-10(2,3)7-5-4-6-8(11)9(7)12/h1,6-8H,2-4H3;2*4-5H,1-3H3;2*4-6H,1-3H3. The Morgan fingerprint density at radius 1 is 0.381 bits per heavy atom. The Labute approximate surface area is 397 Å². The Bertz CT molecular complexity index is 2280. The molecule has 0 N–H and O–H groups in total. The van der Waals surface area contributed by atoms with Crippen molar-refractivity contribution < 1.29 is 26.3 Å². The zero-order valence-corrected chi connectivity index (χ0v) is 42.5. The number of halogens is 11. The SMILES string of the molecule is C#Cc1cccc(C(C)(C)C)c1F.CC(C)(C)c1ccc(Cl)c(Cl)c1F.CC(C)(C)c1ccc(F)c(Cl)c1.CC(C)(C)c1ccc(F)c(Cl)c1F.CC(C)(C)c1cccc(Cl)c1F. The van der Waals surface area contributed by atoms with Crippen LogP contribution in [0.2, 0.25) is 25.1 Å². The first-order chi connectivity index (χ1) is 28.5. The highest BCUT2D eigenvalue weighted by molar-refractivity contribution is 6.42. The third-order valence-electron chi connectivity index (χ3n) is 9.19. The van der Waals surface area contributed by atoms with Crippen LogP contribution in [-0.4, -0.2) is 0 Å².